The van der Waals surface area contributed by atoms with Gasteiger partial charge in [-0.15, -0.1) is 13.2 Å². The van der Waals surface area contributed by atoms with Crippen molar-refractivity contribution in [2.75, 3.05) is 31.1 Å². The van der Waals surface area contributed by atoms with E-state index in [1.165, 1.54) is 0 Å². The van der Waals surface area contributed by atoms with Gasteiger partial charge in [0.15, 0.2) is 0 Å². The van der Waals surface area contributed by atoms with E-state index in [0.717, 1.165) is 15.1 Å². The van der Waals surface area contributed by atoms with Crippen molar-refractivity contribution in [3.05, 3.63) is 28.7 Å². The minimum atomic E-state index is -4.93. The Morgan fingerprint density at radius 3 is 2.30 bits per heavy atom. The van der Waals surface area contributed by atoms with Crippen LogP contribution in [0.1, 0.15) is 0 Å². The van der Waals surface area contributed by atoms with Crippen molar-refractivity contribution in [1.29, 1.82) is 0 Å². The Bertz CT molecular complexity index is 488. The molecule has 0 atom stereocenters. The largest absolute Gasteiger partial charge is 0.576 e. The second kappa shape index (κ2) is 5.90. The quantitative estimate of drug-likeness (QED) is 0.777. The predicted octanol–water partition coefficient (Wildman–Crippen LogP) is 3.23. The summed E-state index contributed by atoms with van der Waals surface area (Å²) >= 11 is 3.42. The molecular formula is C12H12BrF3N2O2. The number of hydrogen-bond acceptors (Lipinski definition) is 3. The second-order valence-electron chi connectivity index (χ2n) is 4.24. The Balaban J connectivity index is 1.93. The third-order valence-corrected chi connectivity index (χ3v) is 3.60. The SMILES string of the molecule is O=C(OC(F)(F)F)N1CCN(c2ccccc2Br)CC1. The summed E-state index contributed by atoms with van der Waals surface area (Å²) in [5, 5.41) is 0. The van der Waals surface area contributed by atoms with Crippen LogP contribution in [0, 0.1) is 0 Å². The van der Waals surface area contributed by atoms with Crippen LogP contribution in [0.3, 0.4) is 0 Å². The molecule has 1 heterocycles. The number of hydrogen-bond donors (Lipinski definition) is 0. The van der Waals surface area contributed by atoms with E-state index in [2.05, 4.69) is 20.7 Å². The highest BCUT2D eigenvalue weighted by Crippen LogP contribution is 2.27. The van der Waals surface area contributed by atoms with E-state index in [4.69, 9.17) is 0 Å². The van der Waals surface area contributed by atoms with Crippen LogP contribution in [0.15, 0.2) is 28.7 Å². The first-order valence-corrected chi connectivity index (χ1v) is 6.70. The molecule has 1 saturated heterocycles. The normalized spacial score (nSPS) is 16.2. The molecule has 20 heavy (non-hydrogen) atoms. The number of carbonyl (C=O) groups excluding carboxylic acids is 1. The fourth-order valence-electron chi connectivity index (χ4n) is 2.00. The highest BCUT2D eigenvalue weighted by atomic mass is 79.9. The van der Waals surface area contributed by atoms with Crippen LogP contribution in [0.5, 0.6) is 0 Å². The molecule has 8 heteroatoms. The zero-order chi connectivity index (χ0) is 14.8. The number of amides is 1. The van der Waals surface area contributed by atoms with Gasteiger partial charge >= 0.3 is 12.5 Å². The standard InChI is InChI=1S/C12H12BrF3N2O2/c13-9-3-1-2-4-10(9)17-5-7-18(8-6-17)11(19)20-12(14,15)16/h1-4H,5-8H2. The first kappa shape index (κ1) is 15.0. The van der Waals surface area contributed by atoms with Gasteiger partial charge < -0.3 is 14.5 Å². The van der Waals surface area contributed by atoms with E-state index < -0.39 is 12.5 Å². The van der Waals surface area contributed by atoms with E-state index >= 15 is 0 Å². The molecule has 1 aliphatic rings. The van der Waals surface area contributed by atoms with Crippen molar-refractivity contribution in [3.8, 4) is 0 Å². The van der Waals surface area contributed by atoms with E-state index in [0.29, 0.717) is 13.1 Å². The Kier molecular flexibility index (Phi) is 4.42. The number of piperazine rings is 1. The van der Waals surface area contributed by atoms with Gasteiger partial charge in [0.25, 0.3) is 0 Å². The zero-order valence-corrected chi connectivity index (χ0v) is 11.9. The van der Waals surface area contributed by atoms with Gasteiger partial charge in [-0.1, -0.05) is 12.1 Å². The van der Waals surface area contributed by atoms with Crippen LogP contribution in [-0.2, 0) is 4.74 Å². The number of anilines is 1. The molecule has 0 radical (unpaired) electrons. The van der Waals surface area contributed by atoms with Gasteiger partial charge in [-0.3, -0.25) is 0 Å². The summed E-state index contributed by atoms with van der Waals surface area (Å²) in [7, 11) is 0. The first-order chi connectivity index (χ1) is 9.37. The van der Waals surface area contributed by atoms with E-state index in [-0.39, 0.29) is 13.1 Å². The van der Waals surface area contributed by atoms with Gasteiger partial charge in [0.1, 0.15) is 0 Å². The number of carbonyl (C=O) groups is 1. The molecule has 1 fully saturated rings. The van der Waals surface area contributed by atoms with Crippen molar-refractivity contribution < 1.29 is 22.7 Å². The molecule has 1 aliphatic heterocycles. The fourth-order valence-corrected chi connectivity index (χ4v) is 2.54. The fraction of sp³-hybridized carbons (Fsp3) is 0.417. The van der Waals surface area contributed by atoms with Crippen LogP contribution in [0.2, 0.25) is 0 Å². The molecule has 0 saturated carbocycles. The lowest BCUT2D eigenvalue weighted by Crippen LogP contribution is -2.49. The number of benzene rings is 1. The highest BCUT2D eigenvalue weighted by molar-refractivity contribution is 9.10. The van der Waals surface area contributed by atoms with Gasteiger partial charge in [0.05, 0.1) is 5.69 Å². The van der Waals surface area contributed by atoms with Crippen molar-refractivity contribution in [2.24, 2.45) is 0 Å². The lowest BCUT2D eigenvalue weighted by molar-refractivity contribution is -0.294. The lowest BCUT2D eigenvalue weighted by Gasteiger charge is -2.35. The van der Waals surface area contributed by atoms with Crippen LogP contribution < -0.4 is 4.90 Å². The number of ether oxygens (including phenoxy) is 1. The Hall–Kier alpha value is -1.44. The summed E-state index contributed by atoms with van der Waals surface area (Å²) in [6, 6.07) is 7.56. The third-order valence-electron chi connectivity index (χ3n) is 2.93. The minimum absolute atomic E-state index is 0.191. The Morgan fingerprint density at radius 1 is 1.15 bits per heavy atom. The average molecular weight is 353 g/mol. The number of halogens is 4. The minimum Gasteiger partial charge on any atom is -0.367 e. The molecule has 4 nitrogen and oxygen atoms in total. The van der Waals surface area contributed by atoms with Crippen LogP contribution in [-0.4, -0.2) is 43.5 Å². The number of nitrogens with zero attached hydrogens (tertiary/aromatic N) is 2. The highest BCUT2D eigenvalue weighted by Gasteiger charge is 2.36. The molecule has 1 amide bonds. The smallest absolute Gasteiger partial charge is 0.367 e. The second-order valence-corrected chi connectivity index (χ2v) is 5.09. The summed E-state index contributed by atoms with van der Waals surface area (Å²) < 4.78 is 40.2. The maximum atomic E-state index is 12.0. The Morgan fingerprint density at radius 2 is 1.75 bits per heavy atom. The summed E-state index contributed by atoms with van der Waals surface area (Å²) in [4.78, 5) is 14.3. The third kappa shape index (κ3) is 3.78. The monoisotopic (exact) mass is 352 g/mol. The van der Waals surface area contributed by atoms with Crippen molar-refractivity contribution in [3.63, 3.8) is 0 Å². The van der Waals surface area contributed by atoms with Gasteiger partial charge in [0.2, 0.25) is 0 Å². The lowest BCUT2D eigenvalue weighted by atomic mass is 10.2. The molecule has 110 valence electrons. The number of alkyl halides is 3. The first-order valence-electron chi connectivity index (χ1n) is 5.91. The molecule has 0 N–H and O–H groups in total. The summed E-state index contributed by atoms with van der Waals surface area (Å²) in [5.74, 6) is 0. The van der Waals surface area contributed by atoms with Gasteiger partial charge in [-0.25, -0.2) is 4.79 Å². The molecular weight excluding hydrogens is 341 g/mol. The zero-order valence-electron chi connectivity index (χ0n) is 10.4. The van der Waals surface area contributed by atoms with Gasteiger partial charge in [-0.2, -0.15) is 0 Å². The Labute approximate surface area is 122 Å². The van der Waals surface area contributed by atoms with Crippen molar-refractivity contribution in [1.82, 2.24) is 4.90 Å². The van der Waals surface area contributed by atoms with E-state index in [1.807, 2.05) is 29.2 Å². The maximum Gasteiger partial charge on any atom is 0.576 e. The topological polar surface area (TPSA) is 32.8 Å². The summed E-state index contributed by atoms with van der Waals surface area (Å²) in [6.45, 7) is 1.29. The van der Waals surface area contributed by atoms with Gasteiger partial charge in [0, 0.05) is 30.7 Å². The van der Waals surface area contributed by atoms with E-state index in [1.54, 1.807) is 0 Å². The van der Waals surface area contributed by atoms with Crippen molar-refractivity contribution in [2.45, 2.75) is 6.36 Å². The van der Waals surface area contributed by atoms with Gasteiger partial charge in [-0.05, 0) is 28.1 Å². The molecule has 1 aromatic carbocycles. The average Bonchev–Trinajstić information content (AvgIpc) is 2.37. The molecule has 2 rings (SSSR count). The molecule has 0 spiro atoms. The number of rotatable bonds is 1. The molecule has 0 aromatic heterocycles. The van der Waals surface area contributed by atoms with Crippen LogP contribution in [0.4, 0.5) is 23.7 Å². The maximum absolute atomic E-state index is 12.0. The van der Waals surface area contributed by atoms with Crippen LogP contribution >= 0.6 is 15.9 Å². The van der Waals surface area contributed by atoms with E-state index in [9.17, 15) is 18.0 Å². The molecule has 1 aromatic rings. The predicted molar refractivity (Wildman–Crippen MR) is 70.5 cm³/mol. The van der Waals surface area contributed by atoms with Crippen molar-refractivity contribution >= 4 is 27.7 Å². The summed E-state index contributed by atoms with van der Waals surface area (Å²) in [5.41, 5.74) is 0.955. The molecule has 0 bridgehead atoms. The molecule has 0 unspecified atom stereocenters. The molecule has 0 aliphatic carbocycles. The number of para-hydroxylation sites is 1. The summed E-state index contributed by atoms with van der Waals surface area (Å²) in [6.07, 6.45) is -6.28. The van der Waals surface area contributed by atoms with Crippen LogP contribution in [0.25, 0.3) is 0 Å².